The van der Waals surface area contributed by atoms with E-state index in [9.17, 15) is 0 Å². The van der Waals surface area contributed by atoms with Gasteiger partial charge in [-0.3, -0.25) is 0 Å². The molecule has 0 saturated heterocycles. The Morgan fingerprint density at radius 2 is 0.651 bits per heavy atom. The Balaban J connectivity index is 1.02. The maximum absolute atomic E-state index is 7.43. The molecule has 0 N–H and O–H groups in total. The van der Waals surface area contributed by atoms with Crippen LogP contribution in [0.1, 0.15) is 121 Å². The highest BCUT2D eigenvalue weighted by atomic mass is 16.3. The Kier molecular flexibility index (Phi) is 12.7. The minimum absolute atomic E-state index is 0.423. The Morgan fingerprint density at radius 1 is 0.279 bits per heavy atom. The number of furan rings is 2. The van der Waals surface area contributed by atoms with Crippen LogP contribution in [0.15, 0.2) is 203 Å². The molecule has 2 aliphatic carbocycles. The van der Waals surface area contributed by atoms with Gasteiger partial charge in [-0.2, -0.15) is 0 Å². The van der Waals surface area contributed by atoms with Crippen LogP contribution in [-0.2, 0) is 0 Å². The molecule has 16 rings (SSSR count). The summed E-state index contributed by atoms with van der Waals surface area (Å²) in [6, 6.07) is 73.7. The fourth-order valence-electron chi connectivity index (χ4n) is 15.6. The molecule has 14 aromatic rings. The van der Waals surface area contributed by atoms with Crippen LogP contribution in [0.4, 0.5) is 34.1 Å². The van der Waals surface area contributed by atoms with E-state index in [0.717, 1.165) is 77.8 Å². The number of aryl methyl sites for hydroxylation is 6. The summed E-state index contributed by atoms with van der Waals surface area (Å²) in [5.41, 5.74) is 25.4. The molecule has 0 unspecified atom stereocenters. The number of nitrogens with zero attached hydrogens (tertiary/aromatic N) is 2. The van der Waals surface area contributed by atoms with Gasteiger partial charge >= 0.3 is 0 Å². The molecule has 0 amide bonds. The number of hydrogen-bond donors (Lipinski definition) is 0. The van der Waals surface area contributed by atoms with E-state index in [-0.39, 0.29) is 0 Å². The third-order valence-electron chi connectivity index (χ3n) is 20.3. The van der Waals surface area contributed by atoms with Crippen molar-refractivity contribution in [3.05, 3.63) is 239 Å². The van der Waals surface area contributed by atoms with E-state index in [1.807, 2.05) is 0 Å². The van der Waals surface area contributed by atoms with Crippen LogP contribution >= 0.6 is 0 Å². The topological polar surface area (TPSA) is 32.8 Å². The van der Waals surface area contributed by atoms with Gasteiger partial charge in [0.2, 0.25) is 0 Å². The average Bonchev–Trinajstić information content (AvgIpc) is 0.813. The summed E-state index contributed by atoms with van der Waals surface area (Å²) < 4.78 is 14.9. The van der Waals surface area contributed by atoms with Crippen molar-refractivity contribution < 1.29 is 8.83 Å². The molecule has 0 bridgehead atoms. The van der Waals surface area contributed by atoms with Crippen LogP contribution in [-0.4, -0.2) is 0 Å². The summed E-state index contributed by atoms with van der Waals surface area (Å²) in [6.45, 7) is 13.4. The lowest BCUT2D eigenvalue weighted by atomic mass is 9.77. The van der Waals surface area contributed by atoms with E-state index in [1.54, 1.807) is 0 Å². The molecule has 2 heterocycles. The van der Waals surface area contributed by atoms with Crippen LogP contribution in [0.5, 0.6) is 0 Å². The second-order valence-corrected chi connectivity index (χ2v) is 25.4. The molecule has 2 fully saturated rings. The molecule has 86 heavy (non-hydrogen) atoms. The first-order chi connectivity index (χ1) is 42.2. The van der Waals surface area contributed by atoms with Crippen molar-refractivity contribution in [3.8, 4) is 22.3 Å². The Bertz CT molecular complexity index is 4690. The van der Waals surface area contributed by atoms with Gasteiger partial charge in [0, 0.05) is 54.8 Å². The highest BCUT2D eigenvalue weighted by Crippen LogP contribution is 2.55. The van der Waals surface area contributed by atoms with E-state index < -0.39 is 0 Å². The fourth-order valence-corrected chi connectivity index (χ4v) is 15.6. The van der Waals surface area contributed by atoms with Gasteiger partial charge in [0.1, 0.15) is 11.2 Å². The zero-order chi connectivity index (χ0) is 57.9. The average molecular weight is 1120 g/mol. The first-order valence-electron chi connectivity index (χ1n) is 31.7. The van der Waals surface area contributed by atoms with Crippen molar-refractivity contribution in [1.82, 2.24) is 0 Å². The monoisotopic (exact) mass is 1120 g/mol. The molecule has 4 nitrogen and oxygen atoms in total. The molecule has 4 heteroatoms. The number of anilines is 6. The van der Waals surface area contributed by atoms with Gasteiger partial charge < -0.3 is 18.6 Å². The van der Waals surface area contributed by atoms with Crippen LogP contribution in [0.2, 0.25) is 0 Å². The second-order valence-electron chi connectivity index (χ2n) is 25.4. The molecule has 12 aromatic carbocycles. The van der Waals surface area contributed by atoms with Gasteiger partial charge in [-0.05, 0) is 205 Å². The normalized spacial score (nSPS) is 14.5. The van der Waals surface area contributed by atoms with Crippen molar-refractivity contribution in [1.29, 1.82) is 0 Å². The van der Waals surface area contributed by atoms with Crippen molar-refractivity contribution in [3.63, 3.8) is 0 Å². The van der Waals surface area contributed by atoms with Gasteiger partial charge in [0.25, 0.3) is 0 Å². The Morgan fingerprint density at radius 3 is 1.06 bits per heavy atom. The number of rotatable bonds is 10. The summed E-state index contributed by atoms with van der Waals surface area (Å²) in [6.07, 6.45) is 12.3. The summed E-state index contributed by atoms with van der Waals surface area (Å²) in [5, 5.41) is 12.5. The first-order valence-corrected chi connectivity index (χ1v) is 31.7. The quantitative estimate of drug-likeness (QED) is 0.128. The van der Waals surface area contributed by atoms with Crippen LogP contribution in [0.3, 0.4) is 0 Å². The number of benzene rings is 12. The highest BCUT2D eigenvalue weighted by Gasteiger charge is 2.32. The molecule has 2 aliphatic rings. The lowest BCUT2D eigenvalue weighted by Crippen LogP contribution is -2.15. The van der Waals surface area contributed by atoms with Crippen molar-refractivity contribution in [2.45, 2.75) is 118 Å². The van der Waals surface area contributed by atoms with Crippen molar-refractivity contribution >= 4 is 110 Å². The van der Waals surface area contributed by atoms with Crippen LogP contribution < -0.4 is 9.80 Å². The zero-order valence-corrected chi connectivity index (χ0v) is 50.4. The maximum Gasteiger partial charge on any atom is 0.159 e. The summed E-state index contributed by atoms with van der Waals surface area (Å²) in [4.78, 5) is 5.14. The molecule has 0 atom stereocenters. The summed E-state index contributed by atoms with van der Waals surface area (Å²) >= 11 is 0. The van der Waals surface area contributed by atoms with Crippen molar-refractivity contribution in [2.24, 2.45) is 0 Å². The summed E-state index contributed by atoms with van der Waals surface area (Å²) in [5.74, 6) is 0.846. The predicted molar refractivity (Wildman–Crippen MR) is 365 cm³/mol. The van der Waals surface area contributed by atoms with E-state index in [2.05, 4.69) is 245 Å². The minimum atomic E-state index is 0.423. The van der Waals surface area contributed by atoms with Crippen LogP contribution in [0.25, 0.3) is 98.4 Å². The van der Waals surface area contributed by atoms with Crippen molar-refractivity contribution in [2.75, 3.05) is 9.80 Å². The zero-order valence-electron chi connectivity index (χ0n) is 50.4. The third-order valence-corrected chi connectivity index (χ3v) is 20.3. The van der Waals surface area contributed by atoms with Gasteiger partial charge in [-0.25, -0.2) is 0 Å². The Hall–Kier alpha value is -9.12. The third kappa shape index (κ3) is 8.38. The first kappa shape index (κ1) is 52.4. The Labute approximate surface area is 504 Å². The smallest absolute Gasteiger partial charge is 0.159 e. The second kappa shape index (κ2) is 20.8. The van der Waals surface area contributed by atoms with E-state index in [4.69, 9.17) is 8.83 Å². The molecule has 2 aromatic heterocycles. The minimum Gasteiger partial charge on any atom is -0.453 e. The summed E-state index contributed by atoms with van der Waals surface area (Å²) in [7, 11) is 0. The van der Waals surface area contributed by atoms with E-state index in [1.165, 1.54) is 164 Å². The van der Waals surface area contributed by atoms with Crippen LogP contribution in [0, 0.1) is 41.5 Å². The largest absolute Gasteiger partial charge is 0.453 e. The molecule has 0 radical (unpaired) electrons. The lowest BCUT2D eigenvalue weighted by molar-refractivity contribution is 0.445. The van der Waals surface area contributed by atoms with Gasteiger partial charge in [0.15, 0.2) is 11.2 Å². The molecule has 0 aliphatic heterocycles. The van der Waals surface area contributed by atoms with Gasteiger partial charge in [-0.1, -0.05) is 184 Å². The van der Waals surface area contributed by atoms with Gasteiger partial charge in [0.05, 0.1) is 22.7 Å². The van der Waals surface area contributed by atoms with E-state index in [0.29, 0.717) is 11.8 Å². The maximum atomic E-state index is 7.43. The number of fused-ring (bicyclic) bond motifs is 6. The number of hydrogen-bond acceptors (Lipinski definition) is 4. The van der Waals surface area contributed by atoms with E-state index >= 15 is 0 Å². The highest BCUT2D eigenvalue weighted by molar-refractivity contribution is 6.30. The lowest BCUT2D eigenvalue weighted by Gasteiger charge is -2.33. The standard InChI is InChI=1S/C82H72N2O2/c1-49-37-39-57(45-53(49)5)83(73-35-19-33-67-65-31-17-29-63(79(65)85-81(67)73)59-27-15-13-21-51(59)3)75-47-71(55-23-9-7-10-24-55)61-42-44-70-76(48-72(56-25-11-8-12-26-56)62-41-43-69(75)77(61)78(62)70)84(58-40-38-50(2)54(6)46-58)74-36-20-34-68-66-32-18-30-64(80(66)86-82(68)74)60-28-16-14-22-52(60)4/h13-22,27-48,55-56H,7-12,23-26H2,1-6H3. The molecular formula is C82H72N2O2. The fraction of sp³-hybridized carbons (Fsp3) is 0.220. The number of para-hydroxylation sites is 4. The molecule has 0 spiro atoms. The molecule has 2 saturated carbocycles. The molecule has 422 valence electrons. The predicted octanol–water partition coefficient (Wildman–Crippen LogP) is 24.6. The molecular weight excluding hydrogens is 1040 g/mol. The SMILES string of the molecule is Cc1ccc(N(c2cc(C3CCCCC3)c3ccc4c(N(c5ccc(C)c(C)c5)c5cccc6c5oc5c(-c7ccccc7C)cccc56)cc(C5CCCCC5)c5ccc2c3c54)c2cccc3c2oc2c(-c4ccccc4C)cccc23)cc1C. The van der Waals surface area contributed by atoms with Gasteiger partial charge in [-0.15, -0.1) is 0 Å².